The fourth-order valence-corrected chi connectivity index (χ4v) is 1.52. The molecule has 0 saturated carbocycles. The van der Waals surface area contributed by atoms with Crippen LogP contribution in [-0.4, -0.2) is 45.8 Å². The molecule has 1 atom stereocenters. The number of rotatable bonds is 7. The first-order chi connectivity index (χ1) is 10.7. The van der Waals surface area contributed by atoms with Crippen LogP contribution in [0.3, 0.4) is 0 Å². The van der Waals surface area contributed by atoms with Crippen molar-refractivity contribution in [3.05, 3.63) is 29.3 Å². The highest BCUT2D eigenvalue weighted by Crippen LogP contribution is 2.14. The Kier molecular flexibility index (Phi) is 8.97. The van der Waals surface area contributed by atoms with Gasteiger partial charge in [0.2, 0.25) is 0 Å². The van der Waals surface area contributed by atoms with Gasteiger partial charge >= 0.3 is 17.9 Å². The molecule has 0 radical (unpaired) electrons. The summed E-state index contributed by atoms with van der Waals surface area (Å²) in [7, 11) is 0. The fourth-order valence-electron chi connectivity index (χ4n) is 1.52. The smallest absolute Gasteiger partial charge is 0.337 e. The van der Waals surface area contributed by atoms with Crippen molar-refractivity contribution in [1.82, 2.24) is 0 Å². The van der Waals surface area contributed by atoms with Gasteiger partial charge in [-0.05, 0) is 37.6 Å². The third-order valence-corrected chi connectivity index (χ3v) is 2.82. The lowest BCUT2D eigenvalue weighted by Crippen LogP contribution is -2.29. The average molecular weight is 327 g/mol. The first-order valence-corrected chi connectivity index (χ1v) is 6.75. The number of benzene rings is 1. The van der Waals surface area contributed by atoms with Crippen LogP contribution < -0.4 is 17.2 Å². The predicted molar refractivity (Wildman–Crippen MR) is 83.3 cm³/mol. The molecule has 0 aliphatic heterocycles. The van der Waals surface area contributed by atoms with Crippen molar-refractivity contribution < 1.29 is 29.7 Å². The first kappa shape index (κ1) is 20.3. The molecule has 1 aromatic rings. The van der Waals surface area contributed by atoms with E-state index in [0.717, 1.165) is 18.9 Å². The second kappa shape index (κ2) is 10.1. The summed E-state index contributed by atoms with van der Waals surface area (Å²) >= 11 is 0. The van der Waals surface area contributed by atoms with Gasteiger partial charge in [-0.1, -0.05) is 6.42 Å². The molecule has 0 aliphatic rings. The quantitative estimate of drug-likeness (QED) is 0.300. The minimum Gasteiger partial charge on any atom is -0.480 e. The number of aromatic carboxylic acids is 2. The Balaban J connectivity index is 0.000000438. The molecule has 0 heterocycles. The van der Waals surface area contributed by atoms with Crippen LogP contribution in [0.1, 0.15) is 40.0 Å². The molecule has 1 aromatic carbocycles. The Morgan fingerprint density at radius 1 is 1.04 bits per heavy atom. The number of carboxylic acid groups (broad SMARTS) is 3. The standard InChI is InChI=1S/C8H7NO4.C6H14N2O2/c9-6-3-4(7(10)11)1-2-5(6)8(12)13;7-4-2-1-3-5(8)6(9)10/h1-3H,9H2,(H,10,11)(H,12,13);5H,1-4,7-8H2,(H,9,10)/t;5-/m.0/s1. The zero-order valence-corrected chi connectivity index (χ0v) is 12.4. The van der Waals surface area contributed by atoms with Gasteiger partial charge in [0.05, 0.1) is 11.1 Å². The molecule has 0 fully saturated rings. The van der Waals surface area contributed by atoms with Gasteiger partial charge in [0.25, 0.3) is 0 Å². The van der Waals surface area contributed by atoms with Gasteiger partial charge in [-0.3, -0.25) is 4.79 Å². The van der Waals surface area contributed by atoms with Crippen LogP contribution in [0.2, 0.25) is 0 Å². The van der Waals surface area contributed by atoms with E-state index in [1.165, 1.54) is 12.1 Å². The monoisotopic (exact) mass is 327 g/mol. The summed E-state index contributed by atoms with van der Waals surface area (Å²) < 4.78 is 0. The summed E-state index contributed by atoms with van der Waals surface area (Å²) in [4.78, 5) is 31.0. The van der Waals surface area contributed by atoms with Gasteiger partial charge in [-0.25, -0.2) is 9.59 Å². The second-order valence-electron chi connectivity index (χ2n) is 4.64. The van der Waals surface area contributed by atoms with Crippen LogP contribution in [0.25, 0.3) is 0 Å². The van der Waals surface area contributed by atoms with Gasteiger partial charge in [-0.15, -0.1) is 0 Å². The molecule has 23 heavy (non-hydrogen) atoms. The summed E-state index contributed by atoms with van der Waals surface area (Å²) in [5.74, 6) is -3.24. The van der Waals surface area contributed by atoms with Gasteiger partial charge < -0.3 is 32.5 Å². The predicted octanol–water partition coefficient (Wildman–Crippen LogP) is 0.193. The molecule has 0 unspecified atom stereocenters. The normalized spacial score (nSPS) is 11.0. The molecule has 9 heteroatoms. The van der Waals surface area contributed by atoms with Crippen molar-refractivity contribution in [2.45, 2.75) is 25.3 Å². The Hall–Kier alpha value is -2.65. The number of anilines is 1. The van der Waals surface area contributed by atoms with Gasteiger partial charge in [-0.2, -0.15) is 0 Å². The molecule has 0 spiro atoms. The molecular formula is C14H21N3O6. The number of hydrogen-bond donors (Lipinski definition) is 6. The lowest BCUT2D eigenvalue weighted by atomic mass is 10.1. The van der Waals surface area contributed by atoms with E-state index in [-0.39, 0.29) is 16.8 Å². The molecule has 9 nitrogen and oxygen atoms in total. The van der Waals surface area contributed by atoms with E-state index in [9.17, 15) is 14.4 Å². The minimum absolute atomic E-state index is 0.0255. The Morgan fingerprint density at radius 2 is 1.65 bits per heavy atom. The lowest BCUT2D eigenvalue weighted by molar-refractivity contribution is -0.138. The van der Waals surface area contributed by atoms with Crippen molar-refractivity contribution in [1.29, 1.82) is 0 Å². The van der Waals surface area contributed by atoms with Crippen LogP contribution in [0.4, 0.5) is 5.69 Å². The SMILES string of the molecule is NCCCC[C@H](N)C(=O)O.Nc1cc(C(=O)O)ccc1C(=O)O. The maximum absolute atomic E-state index is 10.5. The third-order valence-electron chi connectivity index (χ3n) is 2.82. The fraction of sp³-hybridized carbons (Fsp3) is 0.357. The van der Waals surface area contributed by atoms with Crippen molar-refractivity contribution in [3.63, 3.8) is 0 Å². The van der Waals surface area contributed by atoms with E-state index in [1.807, 2.05) is 0 Å². The average Bonchev–Trinajstić information content (AvgIpc) is 2.47. The number of nitrogens with two attached hydrogens (primary N) is 3. The number of unbranched alkanes of at least 4 members (excludes halogenated alkanes) is 1. The van der Waals surface area contributed by atoms with E-state index < -0.39 is 23.9 Å². The van der Waals surface area contributed by atoms with Crippen LogP contribution in [0, 0.1) is 0 Å². The van der Waals surface area contributed by atoms with Crippen LogP contribution in [-0.2, 0) is 4.79 Å². The van der Waals surface area contributed by atoms with E-state index in [2.05, 4.69) is 0 Å². The Bertz CT molecular complexity index is 561. The van der Waals surface area contributed by atoms with Gasteiger partial charge in [0.15, 0.2) is 0 Å². The molecular weight excluding hydrogens is 306 g/mol. The molecule has 0 saturated heterocycles. The zero-order chi connectivity index (χ0) is 18.0. The summed E-state index contributed by atoms with van der Waals surface area (Å²) in [6, 6.07) is 2.77. The third kappa shape index (κ3) is 7.79. The molecule has 128 valence electrons. The summed E-state index contributed by atoms with van der Waals surface area (Å²) in [5, 5.41) is 25.4. The Labute approximate surface area is 132 Å². The summed E-state index contributed by atoms with van der Waals surface area (Å²) in [6.07, 6.45) is 2.16. The molecule has 0 aromatic heterocycles. The molecule has 0 bridgehead atoms. The van der Waals surface area contributed by atoms with Crippen molar-refractivity contribution in [2.24, 2.45) is 11.5 Å². The van der Waals surface area contributed by atoms with Crippen LogP contribution >= 0.6 is 0 Å². The first-order valence-electron chi connectivity index (χ1n) is 6.75. The lowest BCUT2D eigenvalue weighted by Gasteiger charge is -2.03. The van der Waals surface area contributed by atoms with E-state index in [0.29, 0.717) is 13.0 Å². The number of nitrogen functional groups attached to an aromatic ring is 1. The summed E-state index contributed by atoms with van der Waals surface area (Å²) in [5.41, 5.74) is 15.6. The van der Waals surface area contributed by atoms with Crippen molar-refractivity contribution >= 4 is 23.6 Å². The highest BCUT2D eigenvalue weighted by Gasteiger charge is 2.10. The molecule has 1 rings (SSSR count). The second-order valence-corrected chi connectivity index (χ2v) is 4.64. The largest absolute Gasteiger partial charge is 0.480 e. The van der Waals surface area contributed by atoms with E-state index in [1.54, 1.807) is 0 Å². The van der Waals surface area contributed by atoms with E-state index >= 15 is 0 Å². The van der Waals surface area contributed by atoms with Crippen molar-refractivity contribution in [2.75, 3.05) is 12.3 Å². The van der Waals surface area contributed by atoms with E-state index in [4.69, 9.17) is 32.5 Å². The number of carboxylic acids is 3. The minimum atomic E-state index is -1.17. The maximum Gasteiger partial charge on any atom is 0.337 e. The zero-order valence-electron chi connectivity index (χ0n) is 12.4. The molecule has 0 aliphatic carbocycles. The van der Waals surface area contributed by atoms with Crippen molar-refractivity contribution in [3.8, 4) is 0 Å². The number of carbonyl (C=O) groups is 3. The van der Waals surface area contributed by atoms with Crippen LogP contribution in [0.15, 0.2) is 18.2 Å². The topological polar surface area (TPSA) is 190 Å². The number of aliphatic carboxylic acids is 1. The molecule has 9 N–H and O–H groups in total. The van der Waals surface area contributed by atoms with Crippen LogP contribution in [0.5, 0.6) is 0 Å². The highest BCUT2D eigenvalue weighted by molar-refractivity contribution is 5.96. The molecule has 0 amide bonds. The van der Waals surface area contributed by atoms with Gasteiger partial charge in [0, 0.05) is 5.69 Å². The highest BCUT2D eigenvalue weighted by atomic mass is 16.4. The maximum atomic E-state index is 10.5. The number of hydrogen-bond acceptors (Lipinski definition) is 6. The van der Waals surface area contributed by atoms with Gasteiger partial charge in [0.1, 0.15) is 6.04 Å². The summed E-state index contributed by atoms with van der Waals surface area (Å²) in [6.45, 7) is 0.604. The Morgan fingerprint density at radius 3 is 2.04 bits per heavy atom.